The molecule has 3 rings (SSSR count). The maximum Gasteiger partial charge on any atom is 0.118 e. The SMILES string of the molecule is CNCc1cc(CN2CCC3CCC(C2)N3C)c(C)o1. The summed E-state index contributed by atoms with van der Waals surface area (Å²) in [6, 6.07) is 3.79. The summed E-state index contributed by atoms with van der Waals surface area (Å²) in [5, 5.41) is 3.15. The van der Waals surface area contributed by atoms with Crippen LogP contribution in [0.25, 0.3) is 0 Å². The third kappa shape index (κ3) is 2.78. The van der Waals surface area contributed by atoms with Gasteiger partial charge in [0.1, 0.15) is 11.5 Å². The molecular weight excluding hydrogens is 250 g/mol. The van der Waals surface area contributed by atoms with Crippen molar-refractivity contribution in [2.75, 3.05) is 27.2 Å². The van der Waals surface area contributed by atoms with Crippen molar-refractivity contribution in [3.8, 4) is 0 Å². The van der Waals surface area contributed by atoms with Crippen LogP contribution in [0.2, 0.25) is 0 Å². The van der Waals surface area contributed by atoms with E-state index in [1.807, 2.05) is 7.05 Å². The van der Waals surface area contributed by atoms with Crippen LogP contribution in [0.1, 0.15) is 36.3 Å². The molecule has 2 bridgehead atoms. The van der Waals surface area contributed by atoms with E-state index in [9.17, 15) is 0 Å². The summed E-state index contributed by atoms with van der Waals surface area (Å²) in [4.78, 5) is 5.22. The van der Waals surface area contributed by atoms with Gasteiger partial charge in [0.25, 0.3) is 0 Å². The van der Waals surface area contributed by atoms with Crippen molar-refractivity contribution >= 4 is 0 Å². The number of rotatable bonds is 4. The molecule has 0 spiro atoms. The van der Waals surface area contributed by atoms with Gasteiger partial charge in [-0.05, 0) is 46.3 Å². The van der Waals surface area contributed by atoms with Gasteiger partial charge in [0, 0.05) is 37.3 Å². The highest BCUT2D eigenvalue weighted by Gasteiger charge is 2.34. The number of hydrogen-bond donors (Lipinski definition) is 1. The van der Waals surface area contributed by atoms with E-state index in [-0.39, 0.29) is 0 Å². The van der Waals surface area contributed by atoms with Crippen LogP contribution in [0.4, 0.5) is 0 Å². The third-order valence-corrected chi connectivity index (χ3v) is 5.05. The summed E-state index contributed by atoms with van der Waals surface area (Å²) in [5.74, 6) is 2.13. The largest absolute Gasteiger partial charge is 0.465 e. The molecule has 2 atom stereocenters. The van der Waals surface area contributed by atoms with E-state index >= 15 is 0 Å². The van der Waals surface area contributed by atoms with Crippen LogP contribution in [0.15, 0.2) is 10.5 Å². The summed E-state index contributed by atoms with van der Waals surface area (Å²) in [5.41, 5.74) is 1.36. The highest BCUT2D eigenvalue weighted by Crippen LogP contribution is 2.29. The van der Waals surface area contributed by atoms with Gasteiger partial charge in [-0.2, -0.15) is 0 Å². The first-order valence-electron chi connectivity index (χ1n) is 7.84. The van der Waals surface area contributed by atoms with E-state index in [4.69, 9.17) is 4.42 Å². The molecule has 0 saturated carbocycles. The topological polar surface area (TPSA) is 31.6 Å². The minimum atomic E-state index is 0.756. The molecule has 4 heteroatoms. The molecule has 0 amide bonds. The van der Waals surface area contributed by atoms with E-state index < -0.39 is 0 Å². The van der Waals surface area contributed by atoms with E-state index in [0.717, 1.165) is 36.7 Å². The van der Waals surface area contributed by atoms with Crippen molar-refractivity contribution in [1.82, 2.24) is 15.1 Å². The van der Waals surface area contributed by atoms with Crippen molar-refractivity contribution in [2.45, 2.75) is 51.4 Å². The highest BCUT2D eigenvalue weighted by molar-refractivity contribution is 5.21. The van der Waals surface area contributed by atoms with Gasteiger partial charge in [0.15, 0.2) is 0 Å². The van der Waals surface area contributed by atoms with Crippen molar-refractivity contribution < 1.29 is 4.42 Å². The number of likely N-dealkylation sites (tertiary alicyclic amines) is 1. The number of aryl methyl sites for hydroxylation is 1. The zero-order chi connectivity index (χ0) is 14.1. The molecular formula is C16H27N3O. The lowest BCUT2D eigenvalue weighted by Crippen LogP contribution is -2.36. The Bertz CT molecular complexity index is 457. The molecule has 0 aliphatic carbocycles. The molecule has 0 aromatic carbocycles. The summed E-state index contributed by atoms with van der Waals surface area (Å²) in [6.07, 6.45) is 4.08. The number of furan rings is 1. The normalized spacial score (nSPS) is 27.9. The molecule has 2 aliphatic rings. The number of hydrogen-bond acceptors (Lipinski definition) is 4. The number of fused-ring (bicyclic) bond motifs is 2. The highest BCUT2D eigenvalue weighted by atomic mass is 16.3. The fourth-order valence-corrected chi connectivity index (χ4v) is 3.77. The van der Waals surface area contributed by atoms with E-state index in [1.165, 1.54) is 37.9 Å². The predicted octanol–water partition coefficient (Wildman–Crippen LogP) is 1.98. The number of likely N-dealkylation sites (N-methyl/N-ethyl adjacent to an activating group) is 1. The van der Waals surface area contributed by atoms with Crippen molar-refractivity contribution in [3.63, 3.8) is 0 Å². The molecule has 20 heavy (non-hydrogen) atoms. The molecule has 112 valence electrons. The first-order valence-corrected chi connectivity index (χ1v) is 7.84. The van der Waals surface area contributed by atoms with Gasteiger partial charge >= 0.3 is 0 Å². The standard InChI is InChI=1S/C16H27N3O/c1-12-13(8-16(20-12)9-17-2)10-19-7-6-14-4-5-15(11-19)18(14)3/h8,14-15,17H,4-7,9-11H2,1-3H3. The van der Waals surface area contributed by atoms with Crippen LogP contribution in [-0.2, 0) is 13.1 Å². The van der Waals surface area contributed by atoms with E-state index in [0.29, 0.717) is 0 Å². The number of nitrogens with one attached hydrogen (secondary N) is 1. The Labute approximate surface area is 122 Å². The Balaban J connectivity index is 1.66. The second kappa shape index (κ2) is 5.88. The monoisotopic (exact) mass is 277 g/mol. The first-order chi connectivity index (χ1) is 9.67. The number of nitrogens with zero attached hydrogens (tertiary/aromatic N) is 2. The molecule has 4 nitrogen and oxygen atoms in total. The fourth-order valence-electron chi connectivity index (χ4n) is 3.77. The van der Waals surface area contributed by atoms with Gasteiger partial charge in [0.05, 0.1) is 6.54 Å². The zero-order valence-electron chi connectivity index (χ0n) is 13.0. The molecule has 0 radical (unpaired) electrons. The first kappa shape index (κ1) is 14.1. The molecule has 2 aliphatic heterocycles. The Morgan fingerprint density at radius 2 is 2.10 bits per heavy atom. The van der Waals surface area contributed by atoms with Gasteiger partial charge in [-0.25, -0.2) is 0 Å². The van der Waals surface area contributed by atoms with Crippen LogP contribution in [-0.4, -0.2) is 49.1 Å². The summed E-state index contributed by atoms with van der Waals surface area (Å²) < 4.78 is 5.81. The van der Waals surface area contributed by atoms with Crippen LogP contribution in [0.3, 0.4) is 0 Å². The van der Waals surface area contributed by atoms with Crippen LogP contribution in [0, 0.1) is 6.92 Å². The van der Waals surface area contributed by atoms with Gasteiger partial charge < -0.3 is 9.73 Å². The molecule has 3 heterocycles. The Hall–Kier alpha value is -0.840. The minimum absolute atomic E-state index is 0.756. The summed E-state index contributed by atoms with van der Waals surface area (Å²) >= 11 is 0. The van der Waals surface area contributed by atoms with Crippen molar-refractivity contribution in [2.24, 2.45) is 0 Å². The minimum Gasteiger partial charge on any atom is -0.465 e. The smallest absolute Gasteiger partial charge is 0.118 e. The van der Waals surface area contributed by atoms with Crippen LogP contribution in [0.5, 0.6) is 0 Å². The Kier molecular flexibility index (Phi) is 4.15. The third-order valence-electron chi connectivity index (χ3n) is 5.05. The lowest BCUT2D eigenvalue weighted by molar-refractivity contribution is 0.214. The zero-order valence-corrected chi connectivity index (χ0v) is 13.0. The molecule has 1 aromatic rings. The molecule has 2 saturated heterocycles. The average molecular weight is 277 g/mol. The van der Waals surface area contributed by atoms with Crippen molar-refractivity contribution in [3.05, 3.63) is 23.2 Å². The molecule has 1 N–H and O–H groups in total. The van der Waals surface area contributed by atoms with Gasteiger partial charge in [-0.15, -0.1) is 0 Å². The van der Waals surface area contributed by atoms with E-state index in [2.05, 4.69) is 35.2 Å². The van der Waals surface area contributed by atoms with E-state index in [1.54, 1.807) is 0 Å². The van der Waals surface area contributed by atoms with Gasteiger partial charge in [-0.3, -0.25) is 9.80 Å². The average Bonchev–Trinajstić information content (AvgIpc) is 2.85. The summed E-state index contributed by atoms with van der Waals surface area (Å²) in [7, 11) is 4.26. The molecule has 2 fully saturated rings. The van der Waals surface area contributed by atoms with Crippen molar-refractivity contribution in [1.29, 1.82) is 0 Å². The lowest BCUT2D eigenvalue weighted by Gasteiger charge is -2.25. The van der Waals surface area contributed by atoms with Gasteiger partial charge in [-0.1, -0.05) is 0 Å². The Morgan fingerprint density at radius 3 is 2.90 bits per heavy atom. The quantitative estimate of drug-likeness (QED) is 0.912. The maximum atomic E-state index is 5.81. The second-order valence-electron chi connectivity index (χ2n) is 6.40. The maximum absolute atomic E-state index is 5.81. The van der Waals surface area contributed by atoms with Crippen LogP contribution < -0.4 is 5.32 Å². The van der Waals surface area contributed by atoms with Crippen LogP contribution >= 0.6 is 0 Å². The molecule has 2 unspecified atom stereocenters. The summed E-state index contributed by atoms with van der Waals surface area (Å²) in [6.45, 7) is 6.37. The Morgan fingerprint density at radius 1 is 1.30 bits per heavy atom. The lowest BCUT2D eigenvalue weighted by atomic mass is 10.1. The van der Waals surface area contributed by atoms with Gasteiger partial charge in [0.2, 0.25) is 0 Å². The molecule has 1 aromatic heterocycles. The second-order valence-corrected chi connectivity index (χ2v) is 6.40. The predicted molar refractivity (Wildman–Crippen MR) is 80.7 cm³/mol. The fraction of sp³-hybridized carbons (Fsp3) is 0.750.